The van der Waals surface area contributed by atoms with E-state index in [-0.39, 0.29) is 5.89 Å². The first kappa shape index (κ1) is 20.8. The average molecular weight is 458 g/mol. The lowest BCUT2D eigenvalue weighted by Crippen LogP contribution is -1.98. The fraction of sp³-hybridized carbons (Fsp3) is 0.0385. The Morgan fingerprint density at radius 3 is 2.64 bits per heavy atom. The lowest BCUT2D eigenvalue weighted by atomic mass is 10.0. The molecule has 0 saturated heterocycles. The Kier molecular flexibility index (Phi) is 5.83. The van der Waals surface area contributed by atoms with E-state index >= 15 is 0 Å². The van der Waals surface area contributed by atoms with Crippen LogP contribution in [0.1, 0.15) is 22.7 Å². The number of hydrogen-bond acceptors (Lipinski definition) is 5. The molecule has 0 unspecified atom stereocenters. The molecule has 5 rings (SSSR count). The van der Waals surface area contributed by atoms with Gasteiger partial charge in [-0.05, 0) is 48.0 Å². The molecule has 33 heavy (non-hydrogen) atoms. The first-order valence-corrected chi connectivity index (χ1v) is 10.5. The minimum Gasteiger partial charge on any atom is -0.487 e. The number of rotatable bonds is 6. The van der Waals surface area contributed by atoms with Gasteiger partial charge in [0.25, 0.3) is 0 Å². The van der Waals surface area contributed by atoms with Crippen molar-refractivity contribution in [2.24, 2.45) is 0 Å². The number of ether oxygens (including phenoxy) is 1. The van der Waals surface area contributed by atoms with Gasteiger partial charge in [0.1, 0.15) is 18.2 Å². The zero-order valence-electron chi connectivity index (χ0n) is 17.3. The number of halogens is 2. The van der Waals surface area contributed by atoms with Gasteiger partial charge in [-0.25, -0.2) is 9.37 Å². The maximum absolute atomic E-state index is 14.4. The third kappa shape index (κ3) is 4.76. The van der Waals surface area contributed by atoms with Crippen LogP contribution in [0.3, 0.4) is 0 Å². The molecule has 7 heteroatoms. The molecule has 0 spiro atoms. The van der Waals surface area contributed by atoms with Gasteiger partial charge in [-0.2, -0.15) is 0 Å². The van der Waals surface area contributed by atoms with E-state index < -0.39 is 5.82 Å². The van der Waals surface area contributed by atoms with Crippen LogP contribution in [0.25, 0.3) is 22.6 Å². The first-order valence-electron chi connectivity index (χ1n) is 10.2. The van der Waals surface area contributed by atoms with Crippen molar-refractivity contribution in [3.8, 4) is 5.75 Å². The largest absolute Gasteiger partial charge is 0.487 e. The van der Waals surface area contributed by atoms with E-state index in [1.807, 2.05) is 60.7 Å². The standard InChI is InChI=1S/C26H17ClFN3O2/c27-20-9-5-19(24(28)14-20)13-23(26-31-29-16-33-26)17-7-11-22(12-8-17)32-15-21-10-6-18-3-1-2-4-25(18)30-21/h1-14,16H,15H2/b23-13+. The molecule has 0 radical (unpaired) electrons. The number of fused-ring (bicyclic) bond motifs is 1. The van der Waals surface area contributed by atoms with Gasteiger partial charge in [0.15, 0.2) is 0 Å². The summed E-state index contributed by atoms with van der Waals surface area (Å²) in [5, 5.41) is 9.14. The second-order valence-corrected chi connectivity index (χ2v) is 7.71. The van der Waals surface area contributed by atoms with Gasteiger partial charge in [-0.15, -0.1) is 10.2 Å². The Balaban J connectivity index is 1.38. The number of benzene rings is 3. The van der Waals surface area contributed by atoms with Crippen LogP contribution in [0, 0.1) is 5.82 Å². The fourth-order valence-electron chi connectivity index (χ4n) is 3.41. The molecule has 2 aromatic heterocycles. The van der Waals surface area contributed by atoms with Crippen molar-refractivity contribution >= 4 is 34.2 Å². The highest BCUT2D eigenvalue weighted by molar-refractivity contribution is 6.30. The minimum atomic E-state index is -0.442. The molecule has 0 aliphatic carbocycles. The molecule has 0 atom stereocenters. The molecular weight excluding hydrogens is 441 g/mol. The van der Waals surface area contributed by atoms with E-state index in [1.54, 1.807) is 18.2 Å². The molecule has 2 heterocycles. The molecule has 0 aliphatic heterocycles. The van der Waals surface area contributed by atoms with Gasteiger partial charge in [-0.3, -0.25) is 0 Å². The molecule has 0 amide bonds. The van der Waals surface area contributed by atoms with E-state index in [9.17, 15) is 4.39 Å². The molecular formula is C26H17ClFN3O2. The maximum Gasteiger partial charge on any atom is 0.248 e. The topological polar surface area (TPSA) is 61.0 Å². The quantitative estimate of drug-likeness (QED) is 0.269. The van der Waals surface area contributed by atoms with Crippen LogP contribution >= 0.6 is 11.6 Å². The first-order chi connectivity index (χ1) is 16.2. The molecule has 0 saturated carbocycles. The third-order valence-electron chi connectivity index (χ3n) is 5.06. The number of aromatic nitrogens is 3. The van der Waals surface area contributed by atoms with Crippen molar-refractivity contribution < 1.29 is 13.5 Å². The van der Waals surface area contributed by atoms with Crippen molar-refractivity contribution in [2.75, 3.05) is 0 Å². The van der Waals surface area contributed by atoms with Crippen molar-refractivity contribution in [3.63, 3.8) is 0 Å². The van der Waals surface area contributed by atoms with Crippen LogP contribution in [-0.4, -0.2) is 15.2 Å². The number of hydrogen-bond donors (Lipinski definition) is 0. The third-order valence-corrected chi connectivity index (χ3v) is 5.30. The molecule has 162 valence electrons. The van der Waals surface area contributed by atoms with E-state index in [0.29, 0.717) is 28.5 Å². The van der Waals surface area contributed by atoms with Crippen molar-refractivity contribution in [1.29, 1.82) is 0 Å². The van der Waals surface area contributed by atoms with E-state index in [2.05, 4.69) is 15.2 Å². The Morgan fingerprint density at radius 2 is 1.85 bits per heavy atom. The van der Waals surface area contributed by atoms with Crippen LogP contribution in [0.2, 0.25) is 5.02 Å². The minimum absolute atomic E-state index is 0.276. The summed E-state index contributed by atoms with van der Waals surface area (Å²) in [7, 11) is 0. The van der Waals surface area contributed by atoms with E-state index in [4.69, 9.17) is 20.8 Å². The van der Waals surface area contributed by atoms with E-state index in [1.165, 1.54) is 12.5 Å². The van der Waals surface area contributed by atoms with Crippen LogP contribution in [0.15, 0.2) is 89.7 Å². The van der Waals surface area contributed by atoms with Crippen LogP contribution < -0.4 is 4.74 Å². The van der Waals surface area contributed by atoms with Gasteiger partial charge in [-0.1, -0.05) is 54.1 Å². The average Bonchev–Trinajstić information content (AvgIpc) is 3.37. The van der Waals surface area contributed by atoms with E-state index in [0.717, 1.165) is 22.2 Å². The highest BCUT2D eigenvalue weighted by atomic mass is 35.5. The summed E-state index contributed by atoms with van der Waals surface area (Å²) in [5.74, 6) is 0.511. The summed E-state index contributed by atoms with van der Waals surface area (Å²) in [5.41, 5.74) is 3.47. The summed E-state index contributed by atoms with van der Waals surface area (Å²) in [6.45, 7) is 0.340. The Hall–Kier alpha value is -4.03. The van der Waals surface area contributed by atoms with Gasteiger partial charge in [0, 0.05) is 21.5 Å². The molecule has 0 aliphatic rings. The Bertz CT molecular complexity index is 1430. The lowest BCUT2D eigenvalue weighted by Gasteiger charge is -2.09. The highest BCUT2D eigenvalue weighted by Crippen LogP contribution is 2.28. The monoisotopic (exact) mass is 457 g/mol. The molecule has 0 bridgehead atoms. The highest BCUT2D eigenvalue weighted by Gasteiger charge is 2.13. The predicted octanol–water partition coefficient (Wildman–Crippen LogP) is 6.58. The molecule has 3 aromatic carbocycles. The van der Waals surface area contributed by atoms with Crippen molar-refractivity contribution in [2.45, 2.75) is 6.61 Å². The van der Waals surface area contributed by atoms with Crippen LogP contribution in [-0.2, 0) is 6.61 Å². The zero-order chi connectivity index (χ0) is 22.6. The summed E-state index contributed by atoms with van der Waals surface area (Å²) in [6.07, 6.45) is 2.88. The van der Waals surface area contributed by atoms with Gasteiger partial charge >= 0.3 is 0 Å². The zero-order valence-corrected chi connectivity index (χ0v) is 18.0. The van der Waals surface area contributed by atoms with Gasteiger partial charge < -0.3 is 9.15 Å². The molecule has 5 aromatic rings. The number of para-hydroxylation sites is 1. The summed E-state index contributed by atoms with van der Waals surface area (Å²) < 4.78 is 25.7. The second-order valence-electron chi connectivity index (χ2n) is 7.28. The molecule has 5 nitrogen and oxygen atoms in total. The SMILES string of the molecule is Fc1cc(Cl)ccc1/C=C(\c1ccc(OCc2ccc3ccccc3n2)cc1)c1nnco1. The van der Waals surface area contributed by atoms with Crippen molar-refractivity contribution in [1.82, 2.24) is 15.2 Å². The smallest absolute Gasteiger partial charge is 0.248 e. The van der Waals surface area contributed by atoms with Gasteiger partial charge in [0.2, 0.25) is 12.3 Å². The maximum atomic E-state index is 14.4. The predicted molar refractivity (Wildman–Crippen MR) is 125 cm³/mol. The summed E-state index contributed by atoms with van der Waals surface area (Å²) >= 11 is 5.87. The second kappa shape index (κ2) is 9.22. The molecule has 0 N–H and O–H groups in total. The lowest BCUT2D eigenvalue weighted by molar-refractivity contribution is 0.302. The number of nitrogens with zero attached hydrogens (tertiary/aromatic N) is 3. The number of pyridine rings is 1. The summed E-state index contributed by atoms with van der Waals surface area (Å²) in [4.78, 5) is 4.62. The summed E-state index contributed by atoms with van der Waals surface area (Å²) in [6, 6.07) is 23.8. The normalized spacial score (nSPS) is 11.6. The molecule has 0 fully saturated rings. The van der Waals surface area contributed by atoms with Crippen molar-refractivity contribution in [3.05, 3.63) is 119 Å². The fourth-order valence-corrected chi connectivity index (χ4v) is 3.57. The Labute approximate surface area is 194 Å². The van der Waals surface area contributed by atoms with Crippen LogP contribution in [0.4, 0.5) is 4.39 Å². The van der Waals surface area contributed by atoms with Gasteiger partial charge in [0.05, 0.1) is 11.2 Å². The van der Waals surface area contributed by atoms with Crippen LogP contribution in [0.5, 0.6) is 5.75 Å². The Morgan fingerprint density at radius 1 is 1.00 bits per heavy atom.